The van der Waals surface area contributed by atoms with Gasteiger partial charge in [0.05, 0.1) is 11.7 Å². The van der Waals surface area contributed by atoms with Crippen LogP contribution in [0, 0.1) is 0 Å². The molecule has 0 amide bonds. The van der Waals surface area contributed by atoms with Crippen molar-refractivity contribution in [3.8, 4) is 0 Å². The molecule has 14 heavy (non-hydrogen) atoms. The summed E-state index contributed by atoms with van der Waals surface area (Å²) in [5, 5.41) is 7.74. The minimum absolute atomic E-state index is 0.235. The number of aromatic nitrogens is 3. The van der Waals surface area contributed by atoms with E-state index in [0.717, 1.165) is 5.69 Å². The Morgan fingerprint density at radius 1 is 1.50 bits per heavy atom. The fourth-order valence-electron chi connectivity index (χ4n) is 1.27. The van der Waals surface area contributed by atoms with Crippen molar-refractivity contribution < 1.29 is 9.47 Å². The van der Waals surface area contributed by atoms with E-state index < -0.39 is 6.29 Å². The Morgan fingerprint density at radius 3 is 2.57 bits per heavy atom. The van der Waals surface area contributed by atoms with Crippen molar-refractivity contribution in [1.29, 1.82) is 0 Å². The zero-order chi connectivity index (χ0) is 10.6. The van der Waals surface area contributed by atoms with Gasteiger partial charge in [-0.15, -0.1) is 5.10 Å². The van der Waals surface area contributed by atoms with Gasteiger partial charge in [0.1, 0.15) is 0 Å². The average Bonchev–Trinajstić information content (AvgIpc) is 2.53. The zero-order valence-corrected chi connectivity index (χ0v) is 8.67. The maximum Gasteiger partial charge on any atom is 0.172 e. The Kier molecular flexibility index (Phi) is 3.99. The highest BCUT2D eigenvalue weighted by Gasteiger charge is 2.17. The van der Waals surface area contributed by atoms with Gasteiger partial charge in [-0.05, 0) is 0 Å². The van der Waals surface area contributed by atoms with Gasteiger partial charge >= 0.3 is 0 Å². The molecule has 1 atom stereocenters. The van der Waals surface area contributed by atoms with Gasteiger partial charge in [0.2, 0.25) is 0 Å². The number of hydrogen-bond acceptors (Lipinski definition) is 5. The second-order valence-corrected chi connectivity index (χ2v) is 3.09. The van der Waals surface area contributed by atoms with Crippen molar-refractivity contribution >= 4 is 0 Å². The standard InChI is InChI=1S/C8H16N4O2/c1-12-5-6(10-11-12)4-7(9)8(13-2)14-3/h5,7-8H,4,9H2,1-3H3. The Hall–Kier alpha value is -0.980. The van der Waals surface area contributed by atoms with E-state index in [-0.39, 0.29) is 6.04 Å². The predicted molar refractivity (Wildman–Crippen MR) is 50.5 cm³/mol. The third-order valence-corrected chi connectivity index (χ3v) is 1.91. The normalized spacial score (nSPS) is 13.5. The van der Waals surface area contributed by atoms with Gasteiger partial charge in [-0.3, -0.25) is 4.68 Å². The number of ether oxygens (including phenoxy) is 2. The van der Waals surface area contributed by atoms with Crippen molar-refractivity contribution in [2.24, 2.45) is 12.8 Å². The van der Waals surface area contributed by atoms with Gasteiger partial charge in [0.15, 0.2) is 6.29 Å². The number of methoxy groups -OCH3 is 2. The Balaban J connectivity index is 2.51. The number of nitrogens with two attached hydrogens (primary N) is 1. The van der Waals surface area contributed by atoms with Gasteiger partial charge in [0, 0.05) is 33.9 Å². The van der Waals surface area contributed by atoms with Crippen LogP contribution in [0.15, 0.2) is 6.20 Å². The molecule has 0 aliphatic heterocycles. The third-order valence-electron chi connectivity index (χ3n) is 1.91. The maximum absolute atomic E-state index is 5.85. The summed E-state index contributed by atoms with van der Waals surface area (Å²) in [5.41, 5.74) is 6.69. The Morgan fingerprint density at radius 2 is 2.14 bits per heavy atom. The third kappa shape index (κ3) is 2.76. The fraction of sp³-hybridized carbons (Fsp3) is 0.750. The summed E-state index contributed by atoms with van der Waals surface area (Å²) in [6.45, 7) is 0. The predicted octanol–water partition coefficient (Wildman–Crippen LogP) is -0.696. The summed E-state index contributed by atoms with van der Waals surface area (Å²) in [7, 11) is 4.93. The average molecular weight is 200 g/mol. The summed E-state index contributed by atoms with van der Waals surface area (Å²) < 4.78 is 11.7. The lowest BCUT2D eigenvalue weighted by atomic mass is 10.2. The topological polar surface area (TPSA) is 75.2 Å². The van der Waals surface area contributed by atoms with E-state index in [0.29, 0.717) is 6.42 Å². The molecule has 0 saturated carbocycles. The van der Waals surface area contributed by atoms with Gasteiger partial charge in [-0.1, -0.05) is 5.21 Å². The molecular weight excluding hydrogens is 184 g/mol. The highest BCUT2D eigenvalue weighted by molar-refractivity contribution is 4.95. The molecule has 0 aromatic carbocycles. The van der Waals surface area contributed by atoms with Crippen LogP contribution >= 0.6 is 0 Å². The molecule has 6 heteroatoms. The molecule has 1 aromatic heterocycles. The first-order valence-electron chi connectivity index (χ1n) is 4.33. The summed E-state index contributed by atoms with van der Waals surface area (Å²) in [6.07, 6.45) is 2.00. The number of hydrogen-bond donors (Lipinski definition) is 1. The molecule has 0 spiro atoms. The molecule has 1 aromatic rings. The van der Waals surface area contributed by atoms with E-state index in [1.54, 1.807) is 18.9 Å². The lowest BCUT2D eigenvalue weighted by Gasteiger charge is -2.19. The van der Waals surface area contributed by atoms with Crippen molar-refractivity contribution in [3.63, 3.8) is 0 Å². The minimum Gasteiger partial charge on any atom is -0.354 e. The van der Waals surface area contributed by atoms with Crippen LogP contribution in [0.3, 0.4) is 0 Å². The van der Waals surface area contributed by atoms with E-state index >= 15 is 0 Å². The van der Waals surface area contributed by atoms with Crippen LogP contribution in [-0.2, 0) is 22.9 Å². The maximum atomic E-state index is 5.85. The summed E-state index contributed by atoms with van der Waals surface area (Å²) >= 11 is 0. The molecule has 0 bridgehead atoms. The smallest absolute Gasteiger partial charge is 0.172 e. The first-order chi connectivity index (χ1) is 6.67. The Labute approximate surface area is 83.0 Å². The molecule has 2 N–H and O–H groups in total. The van der Waals surface area contributed by atoms with Crippen LogP contribution in [0.25, 0.3) is 0 Å². The number of aryl methyl sites for hydroxylation is 1. The molecule has 0 aliphatic carbocycles. The monoisotopic (exact) mass is 200 g/mol. The number of nitrogens with zero attached hydrogens (tertiary/aromatic N) is 3. The largest absolute Gasteiger partial charge is 0.354 e. The van der Waals surface area contributed by atoms with Gasteiger partial charge in [-0.25, -0.2) is 0 Å². The molecule has 1 heterocycles. The van der Waals surface area contributed by atoms with E-state index in [2.05, 4.69) is 10.3 Å². The lowest BCUT2D eigenvalue weighted by molar-refractivity contribution is -0.116. The van der Waals surface area contributed by atoms with E-state index in [9.17, 15) is 0 Å². The molecular formula is C8H16N4O2. The van der Waals surface area contributed by atoms with Gasteiger partial charge < -0.3 is 15.2 Å². The van der Waals surface area contributed by atoms with Crippen LogP contribution in [0.4, 0.5) is 0 Å². The molecule has 80 valence electrons. The van der Waals surface area contributed by atoms with Crippen molar-refractivity contribution in [3.05, 3.63) is 11.9 Å². The first-order valence-corrected chi connectivity index (χ1v) is 4.33. The second-order valence-electron chi connectivity index (χ2n) is 3.09. The number of rotatable bonds is 5. The molecule has 1 rings (SSSR count). The van der Waals surface area contributed by atoms with Crippen LogP contribution in [0.1, 0.15) is 5.69 Å². The van der Waals surface area contributed by atoms with Gasteiger partial charge in [-0.2, -0.15) is 0 Å². The zero-order valence-electron chi connectivity index (χ0n) is 8.67. The van der Waals surface area contributed by atoms with Crippen molar-refractivity contribution in [2.75, 3.05) is 14.2 Å². The fourth-order valence-corrected chi connectivity index (χ4v) is 1.27. The summed E-state index contributed by atoms with van der Waals surface area (Å²) in [6, 6.07) is -0.235. The summed E-state index contributed by atoms with van der Waals surface area (Å²) in [4.78, 5) is 0. The first kappa shape index (κ1) is 11.1. The molecule has 0 saturated heterocycles. The molecule has 1 unspecified atom stereocenters. The van der Waals surface area contributed by atoms with Crippen LogP contribution in [0.5, 0.6) is 0 Å². The molecule has 0 fully saturated rings. The Bertz CT molecular complexity index is 272. The molecule has 0 radical (unpaired) electrons. The molecule has 6 nitrogen and oxygen atoms in total. The van der Waals surface area contributed by atoms with E-state index in [1.807, 2.05) is 13.2 Å². The quantitative estimate of drug-likeness (QED) is 0.636. The van der Waals surface area contributed by atoms with Crippen LogP contribution in [0.2, 0.25) is 0 Å². The van der Waals surface area contributed by atoms with Crippen LogP contribution in [-0.4, -0.2) is 41.5 Å². The van der Waals surface area contributed by atoms with E-state index in [4.69, 9.17) is 15.2 Å². The summed E-state index contributed by atoms with van der Waals surface area (Å²) in [5.74, 6) is 0. The highest BCUT2D eigenvalue weighted by Crippen LogP contribution is 2.03. The second kappa shape index (κ2) is 5.04. The highest BCUT2D eigenvalue weighted by atomic mass is 16.7. The van der Waals surface area contributed by atoms with Crippen LogP contribution < -0.4 is 5.73 Å². The van der Waals surface area contributed by atoms with Crippen molar-refractivity contribution in [2.45, 2.75) is 18.8 Å². The van der Waals surface area contributed by atoms with Gasteiger partial charge in [0.25, 0.3) is 0 Å². The SMILES string of the molecule is COC(OC)C(N)Cc1cn(C)nn1. The van der Waals surface area contributed by atoms with E-state index in [1.165, 1.54) is 0 Å². The minimum atomic E-state index is -0.406. The molecule has 0 aliphatic rings. The lowest BCUT2D eigenvalue weighted by Crippen LogP contribution is -2.39. The van der Waals surface area contributed by atoms with Crippen molar-refractivity contribution in [1.82, 2.24) is 15.0 Å².